The highest BCUT2D eigenvalue weighted by Crippen LogP contribution is 2.36. The summed E-state index contributed by atoms with van der Waals surface area (Å²) in [4.78, 5) is 14.7. The predicted octanol–water partition coefficient (Wildman–Crippen LogP) is 3.08. The maximum atomic E-state index is 12.6. The summed E-state index contributed by atoms with van der Waals surface area (Å²) < 4.78 is 0. The average molecular weight is 272 g/mol. The van der Waals surface area contributed by atoms with Crippen molar-refractivity contribution < 1.29 is 4.79 Å². The second kappa shape index (κ2) is 5.57. The van der Waals surface area contributed by atoms with Crippen molar-refractivity contribution in [3.8, 4) is 0 Å². The first-order chi connectivity index (χ1) is 9.68. The Balaban J connectivity index is 1.90. The van der Waals surface area contributed by atoms with Crippen molar-refractivity contribution >= 4 is 5.91 Å². The molecule has 1 saturated carbocycles. The van der Waals surface area contributed by atoms with Crippen LogP contribution in [0, 0.1) is 5.92 Å². The zero-order chi connectivity index (χ0) is 14.1. The molecular formula is C17H24N2O. The van der Waals surface area contributed by atoms with Gasteiger partial charge in [-0.3, -0.25) is 10.1 Å². The van der Waals surface area contributed by atoms with Gasteiger partial charge < -0.3 is 4.90 Å². The van der Waals surface area contributed by atoms with E-state index in [1.807, 2.05) is 25.1 Å². The van der Waals surface area contributed by atoms with Crippen LogP contribution in [0.5, 0.6) is 0 Å². The monoisotopic (exact) mass is 272 g/mol. The van der Waals surface area contributed by atoms with E-state index >= 15 is 0 Å². The molecule has 20 heavy (non-hydrogen) atoms. The molecule has 108 valence electrons. The normalized spacial score (nSPS) is 34.5. The third-order valence-corrected chi connectivity index (χ3v) is 4.85. The molecule has 3 nitrogen and oxygen atoms in total. The molecule has 1 heterocycles. The smallest absolute Gasteiger partial charge is 0.241 e. The molecule has 4 atom stereocenters. The van der Waals surface area contributed by atoms with Crippen molar-refractivity contribution in [1.82, 2.24) is 10.2 Å². The summed E-state index contributed by atoms with van der Waals surface area (Å²) in [6.45, 7) is 4.27. The molecule has 1 amide bonds. The molecule has 1 aromatic rings. The lowest BCUT2D eigenvalue weighted by Crippen LogP contribution is -2.45. The fourth-order valence-electron chi connectivity index (χ4n) is 3.70. The predicted molar refractivity (Wildman–Crippen MR) is 80.0 cm³/mol. The number of hydrogen-bond donors (Lipinski definition) is 1. The number of hydrogen-bond acceptors (Lipinski definition) is 2. The van der Waals surface area contributed by atoms with E-state index in [9.17, 15) is 4.79 Å². The number of amides is 1. The third kappa shape index (κ3) is 2.35. The molecule has 1 aliphatic heterocycles. The van der Waals surface area contributed by atoms with E-state index in [2.05, 4.69) is 29.3 Å². The Labute approximate surface area is 121 Å². The summed E-state index contributed by atoms with van der Waals surface area (Å²) in [5.74, 6) is 0.864. The van der Waals surface area contributed by atoms with Crippen LogP contribution >= 0.6 is 0 Å². The van der Waals surface area contributed by atoms with Crippen molar-refractivity contribution in [3.63, 3.8) is 0 Å². The highest BCUT2D eigenvalue weighted by atomic mass is 16.2. The van der Waals surface area contributed by atoms with Gasteiger partial charge in [0.2, 0.25) is 5.91 Å². The van der Waals surface area contributed by atoms with Crippen LogP contribution < -0.4 is 5.32 Å². The maximum Gasteiger partial charge on any atom is 0.241 e. The lowest BCUT2D eigenvalue weighted by molar-refractivity contribution is -0.134. The first-order valence-electron chi connectivity index (χ1n) is 7.81. The summed E-state index contributed by atoms with van der Waals surface area (Å²) >= 11 is 0. The molecule has 2 fully saturated rings. The largest absolute Gasteiger partial charge is 0.318 e. The van der Waals surface area contributed by atoms with Gasteiger partial charge in [-0.25, -0.2) is 0 Å². The van der Waals surface area contributed by atoms with E-state index in [1.54, 1.807) is 0 Å². The van der Waals surface area contributed by atoms with Gasteiger partial charge in [0.1, 0.15) is 6.17 Å². The van der Waals surface area contributed by atoms with Crippen LogP contribution in [0.4, 0.5) is 0 Å². The van der Waals surface area contributed by atoms with E-state index < -0.39 is 0 Å². The van der Waals surface area contributed by atoms with Crippen LogP contribution in [0.2, 0.25) is 0 Å². The van der Waals surface area contributed by atoms with Crippen molar-refractivity contribution in [2.75, 3.05) is 0 Å². The van der Waals surface area contributed by atoms with Gasteiger partial charge in [-0.15, -0.1) is 0 Å². The van der Waals surface area contributed by atoms with E-state index in [4.69, 9.17) is 0 Å². The lowest BCUT2D eigenvalue weighted by atomic mass is 9.84. The molecule has 1 saturated heterocycles. The molecule has 3 heteroatoms. The molecule has 3 rings (SSSR count). The number of carbonyl (C=O) groups is 1. The first kappa shape index (κ1) is 13.6. The van der Waals surface area contributed by atoms with Gasteiger partial charge in [0.15, 0.2) is 0 Å². The molecule has 4 unspecified atom stereocenters. The Morgan fingerprint density at radius 2 is 1.80 bits per heavy atom. The van der Waals surface area contributed by atoms with Crippen LogP contribution in [0.15, 0.2) is 30.3 Å². The second-order valence-electron chi connectivity index (χ2n) is 6.28. The Hall–Kier alpha value is -1.35. The van der Waals surface area contributed by atoms with Crippen LogP contribution in [0.1, 0.15) is 51.3 Å². The van der Waals surface area contributed by atoms with Gasteiger partial charge in [0, 0.05) is 6.04 Å². The van der Waals surface area contributed by atoms with Crippen LogP contribution in [-0.4, -0.2) is 22.9 Å². The van der Waals surface area contributed by atoms with Crippen LogP contribution in [0.3, 0.4) is 0 Å². The summed E-state index contributed by atoms with van der Waals surface area (Å²) in [5.41, 5.74) is 1.20. The van der Waals surface area contributed by atoms with Gasteiger partial charge >= 0.3 is 0 Å². The van der Waals surface area contributed by atoms with Crippen molar-refractivity contribution in [1.29, 1.82) is 0 Å². The molecule has 0 spiro atoms. The van der Waals surface area contributed by atoms with Gasteiger partial charge in [-0.1, -0.05) is 50.1 Å². The minimum Gasteiger partial charge on any atom is -0.318 e. The minimum atomic E-state index is -0.0747. The molecular weight excluding hydrogens is 248 g/mol. The summed E-state index contributed by atoms with van der Waals surface area (Å²) in [6.07, 6.45) is 4.98. The lowest BCUT2D eigenvalue weighted by Gasteiger charge is -2.39. The molecule has 0 radical (unpaired) electrons. The third-order valence-electron chi connectivity index (χ3n) is 4.85. The van der Waals surface area contributed by atoms with Crippen LogP contribution in [0.25, 0.3) is 0 Å². The Kier molecular flexibility index (Phi) is 3.79. The highest BCUT2D eigenvalue weighted by Gasteiger charge is 2.43. The Morgan fingerprint density at radius 3 is 2.50 bits per heavy atom. The number of nitrogens with one attached hydrogen (secondary N) is 1. The number of rotatable bonds is 2. The SMILES string of the molecule is CC1NC(c2ccccc2)N(C2CCCCC2C)C1=O. The summed E-state index contributed by atoms with van der Waals surface area (Å²) in [7, 11) is 0. The Morgan fingerprint density at radius 1 is 1.10 bits per heavy atom. The van der Waals surface area contributed by atoms with Gasteiger partial charge in [-0.2, -0.15) is 0 Å². The minimum absolute atomic E-state index is 0.0456. The van der Waals surface area contributed by atoms with Gasteiger partial charge in [0.05, 0.1) is 6.04 Å². The summed E-state index contributed by atoms with van der Waals surface area (Å²) in [6, 6.07) is 10.7. The van der Waals surface area contributed by atoms with E-state index in [1.165, 1.54) is 24.8 Å². The molecule has 0 bridgehead atoms. The first-order valence-corrected chi connectivity index (χ1v) is 7.81. The highest BCUT2D eigenvalue weighted by molar-refractivity contribution is 5.84. The number of carbonyl (C=O) groups excluding carboxylic acids is 1. The Bertz CT molecular complexity index is 473. The van der Waals surface area contributed by atoms with Crippen LogP contribution in [-0.2, 0) is 4.79 Å². The molecule has 0 aromatic heterocycles. The number of nitrogens with zero attached hydrogens (tertiary/aromatic N) is 1. The summed E-state index contributed by atoms with van der Waals surface area (Å²) in [5, 5.41) is 3.46. The van der Waals surface area contributed by atoms with Gasteiger partial charge in [0.25, 0.3) is 0 Å². The van der Waals surface area contributed by atoms with E-state index in [0.29, 0.717) is 12.0 Å². The quantitative estimate of drug-likeness (QED) is 0.897. The van der Waals surface area contributed by atoms with E-state index in [0.717, 1.165) is 6.42 Å². The topological polar surface area (TPSA) is 32.3 Å². The molecule has 1 N–H and O–H groups in total. The van der Waals surface area contributed by atoms with Crippen molar-refractivity contribution in [3.05, 3.63) is 35.9 Å². The molecule has 1 aliphatic carbocycles. The fourth-order valence-corrected chi connectivity index (χ4v) is 3.70. The zero-order valence-corrected chi connectivity index (χ0v) is 12.4. The molecule has 1 aromatic carbocycles. The van der Waals surface area contributed by atoms with E-state index in [-0.39, 0.29) is 18.1 Å². The fraction of sp³-hybridized carbons (Fsp3) is 0.588. The van der Waals surface area contributed by atoms with Gasteiger partial charge in [-0.05, 0) is 31.2 Å². The standard InChI is InChI=1S/C17H24N2O/c1-12-8-6-7-11-15(12)19-16(18-13(2)17(19)20)14-9-4-3-5-10-14/h3-5,9-10,12-13,15-16,18H,6-8,11H2,1-2H3. The second-order valence-corrected chi connectivity index (χ2v) is 6.28. The number of benzene rings is 1. The molecule has 2 aliphatic rings. The zero-order valence-electron chi connectivity index (χ0n) is 12.4. The maximum absolute atomic E-state index is 12.6. The average Bonchev–Trinajstić information content (AvgIpc) is 2.77. The van der Waals surface area contributed by atoms with Crippen molar-refractivity contribution in [2.45, 2.75) is 57.8 Å². The van der Waals surface area contributed by atoms with Crippen molar-refractivity contribution in [2.24, 2.45) is 5.92 Å².